The molecule has 0 spiro atoms. The molecule has 1 heterocycles. The number of carbonyl (C=O) groups is 1. The number of pyridine rings is 1. The van der Waals surface area contributed by atoms with E-state index in [9.17, 15) is 13.6 Å². The van der Waals surface area contributed by atoms with E-state index < -0.39 is 11.6 Å². The van der Waals surface area contributed by atoms with Gasteiger partial charge in [-0.15, -0.1) is 0 Å². The third-order valence-corrected chi connectivity index (χ3v) is 2.64. The van der Waals surface area contributed by atoms with Gasteiger partial charge in [-0.3, -0.25) is 9.78 Å². The fourth-order valence-electron chi connectivity index (χ4n) is 1.65. The highest BCUT2D eigenvalue weighted by atomic mass is 19.1. The fourth-order valence-corrected chi connectivity index (χ4v) is 1.65. The number of Topliss-reactive ketones (excluding diaryl/α,β-unsaturated/α-hetero) is 1. The summed E-state index contributed by atoms with van der Waals surface area (Å²) in [5.41, 5.74) is 0.868. The first-order valence-corrected chi connectivity index (χ1v) is 5.45. The zero-order valence-electron chi connectivity index (χ0n) is 9.78. The van der Waals surface area contributed by atoms with Gasteiger partial charge in [0, 0.05) is 24.9 Å². The van der Waals surface area contributed by atoms with Crippen molar-refractivity contribution in [1.82, 2.24) is 4.98 Å². The number of rotatable bonds is 3. The number of aryl methyl sites for hydroxylation is 1. The van der Waals surface area contributed by atoms with E-state index in [-0.39, 0.29) is 23.3 Å². The Morgan fingerprint density at radius 2 is 2.06 bits per heavy atom. The van der Waals surface area contributed by atoms with Gasteiger partial charge in [-0.25, -0.2) is 8.78 Å². The molecule has 4 heteroatoms. The molecule has 0 bridgehead atoms. The van der Waals surface area contributed by atoms with Crippen LogP contribution in [0.1, 0.15) is 21.5 Å². The monoisotopic (exact) mass is 247 g/mol. The molecule has 0 unspecified atom stereocenters. The van der Waals surface area contributed by atoms with E-state index in [1.807, 2.05) is 0 Å². The molecular formula is C14H11F2NO. The lowest BCUT2D eigenvalue weighted by Crippen LogP contribution is -2.07. The van der Waals surface area contributed by atoms with Gasteiger partial charge >= 0.3 is 0 Å². The Kier molecular flexibility index (Phi) is 3.46. The molecule has 2 nitrogen and oxygen atoms in total. The van der Waals surface area contributed by atoms with Crippen LogP contribution in [0.5, 0.6) is 0 Å². The fraction of sp³-hybridized carbons (Fsp3) is 0.143. The number of aromatic nitrogens is 1. The zero-order chi connectivity index (χ0) is 13.1. The Bertz CT molecular complexity index is 582. The minimum Gasteiger partial charge on any atom is -0.294 e. The molecule has 0 fully saturated rings. The van der Waals surface area contributed by atoms with Crippen molar-refractivity contribution >= 4 is 5.78 Å². The summed E-state index contributed by atoms with van der Waals surface area (Å²) in [7, 11) is 0. The third kappa shape index (κ3) is 2.59. The summed E-state index contributed by atoms with van der Waals surface area (Å²) in [5.74, 6) is -1.86. The highest BCUT2D eigenvalue weighted by Crippen LogP contribution is 2.16. The topological polar surface area (TPSA) is 30.0 Å². The van der Waals surface area contributed by atoms with Crippen molar-refractivity contribution in [1.29, 1.82) is 0 Å². The summed E-state index contributed by atoms with van der Waals surface area (Å²) in [6, 6.07) is 5.42. The maximum absolute atomic E-state index is 13.5. The summed E-state index contributed by atoms with van der Waals surface area (Å²) in [6.07, 6.45) is 3.19. The van der Waals surface area contributed by atoms with Gasteiger partial charge in [0.1, 0.15) is 11.6 Å². The van der Waals surface area contributed by atoms with E-state index in [0.29, 0.717) is 5.56 Å². The average Bonchev–Trinajstić information content (AvgIpc) is 2.35. The molecule has 18 heavy (non-hydrogen) atoms. The van der Waals surface area contributed by atoms with E-state index in [1.165, 1.54) is 13.0 Å². The first-order chi connectivity index (χ1) is 8.58. The molecule has 2 rings (SSSR count). The lowest BCUT2D eigenvalue weighted by molar-refractivity contribution is 0.0989. The van der Waals surface area contributed by atoms with Crippen molar-refractivity contribution in [3.63, 3.8) is 0 Å². The minimum absolute atomic E-state index is 0.0514. The van der Waals surface area contributed by atoms with Crippen LogP contribution in [0.25, 0.3) is 0 Å². The molecule has 0 saturated carbocycles. The van der Waals surface area contributed by atoms with Crippen LogP contribution in [-0.4, -0.2) is 10.8 Å². The minimum atomic E-state index is -0.827. The van der Waals surface area contributed by atoms with Gasteiger partial charge < -0.3 is 0 Å². The average molecular weight is 247 g/mol. The molecule has 2 aromatic rings. The van der Waals surface area contributed by atoms with Crippen molar-refractivity contribution in [3.05, 3.63) is 65.0 Å². The summed E-state index contributed by atoms with van der Waals surface area (Å²) in [4.78, 5) is 15.8. The van der Waals surface area contributed by atoms with Gasteiger partial charge in [-0.2, -0.15) is 0 Å². The molecule has 0 amide bonds. The van der Waals surface area contributed by atoms with Crippen LogP contribution in [0.2, 0.25) is 0 Å². The van der Waals surface area contributed by atoms with Crippen molar-refractivity contribution in [2.45, 2.75) is 13.3 Å². The molecule has 0 atom stereocenters. The predicted molar refractivity (Wildman–Crippen MR) is 63.4 cm³/mol. The summed E-state index contributed by atoms with van der Waals surface area (Å²) >= 11 is 0. The number of carbonyl (C=O) groups excluding carboxylic acids is 1. The lowest BCUT2D eigenvalue weighted by Gasteiger charge is -2.05. The van der Waals surface area contributed by atoms with Crippen LogP contribution in [0, 0.1) is 18.6 Å². The van der Waals surface area contributed by atoms with Gasteiger partial charge in [0.2, 0.25) is 0 Å². The largest absolute Gasteiger partial charge is 0.294 e. The molecule has 1 aromatic heterocycles. The lowest BCUT2D eigenvalue weighted by atomic mass is 10.0. The van der Waals surface area contributed by atoms with Gasteiger partial charge in [0.15, 0.2) is 5.78 Å². The number of hydrogen-bond acceptors (Lipinski definition) is 2. The SMILES string of the molecule is Cc1cc(C(=O)Cc2cccnc2)c(F)cc1F. The smallest absolute Gasteiger partial charge is 0.170 e. The van der Waals surface area contributed by atoms with Gasteiger partial charge in [-0.1, -0.05) is 6.07 Å². The van der Waals surface area contributed by atoms with Crippen molar-refractivity contribution in [2.75, 3.05) is 0 Å². The van der Waals surface area contributed by atoms with Crippen LogP contribution in [0.4, 0.5) is 8.78 Å². The number of ketones is 1. The summed E-state index contributed by atoms with van der Waals surface area (Å²) in [5, 5.41) is 0. The van der Waals surface area contributed by atoms with Crippen molar-refractivity contribution in [3.8, 4) is 0 Å². The van der Waals surface area contributed by atoms with Gasteiger partial charge in [0.25, 0.3) is 0 Å². The summed E-state index contributed by atoms with van der Waals surface area (Å²) < 4.78 is 26.6. The molecule has 0 aliphatic rings. The molecule has 0 saturated heterocycles. The zero-order valence-corrected chi connectivity index (χ0v) is 9.78. The van der Waals surface area contributed by atoms with E-state index in [0.717, 1.165) is 6.07 Å². The van der Waals surface area contributed by atoms with E-state index in [1.54, 1.807) is 24.5 Å². The molecule has 1 aromatic carbocycles. The van der Waals surface area contributed by atoms with E-state index >= 15 is 0 Å². The second-order valence-corrected chi connectivity index (χ2v) is 4.04. The second kappa shape index (κ2) is 5.04. The van der Waals surface area contributed by atoms with Crippen LogP contribution in [0.3, 0.4) is 0 Å². The second-order valence-electron chi connectivity index (χ2n) is 4.04. The Hall–Kier alpha value is -2.10. The van der Waals surface area contributed by atoms with E-state index in [2.05, 4.69) is 4.98 Å². The molecule has 0 N–H and O–H groups in total. The number of halogens is 2. The highest BCUT2D eigenvalue weighted by molar-refractivity contribution is 5.97. The first-order valence-electron chi connectivity index (χ1n) is 5.45. The van der Waals surface area contributed by atoms with Gasteiger partial charge in [-0.05, 0) is 30.2 Å². The van der Waals surface area contributed by atoms with E-state index in [4.69, 9.17) is 0 Å². The van der Waals surface area contributed by atoms with Crippen LogP contribution in [0.15, 0.2) is 36.7 Å². The Labute approximate surface area is 103 Å². The van der Waals surface area contributed by atoms with Crippen molar-refractivity contribution < 1.29 is 13.6 Å². The number of nitrogens with zero attached hydrogens (tertiary/aromatic N) is 1. The maximum atomic E-state index is 13.5. The molecule has 0 radical (unpaired) electrons. The number of benzene rings is 1. The first kappa shape index (κ1) is 12.4. The Morgan fingerprint density at radius 3 is 2.72 bits per heavy atom. The molecule has 92 valence electrons. The quantitative estimate of drug-likeness (QED) is 0.780. The summed E-state index contributed by atoms with van der Waals surface area (Å²) in [6.45, 7) is 1.50. The van der Waals surface area contributed by atoms with Gasteiger partial charge in [0.05, 0.1) is 5.56 Å². The van der Waals surface area contributed by atoms with Crippen molar-refractivity contribution in [2.24, 2.45) is 0 Å². The van der Waals surface area contributed by atoms with Crippen LogP contribution >= 0.6 is 0 Å². The van der Waals surface area contributed by atoms with Crippen LogP contribution in [-0.2, 0) is 6.42 Å². The normalized spacial score (nSPS) is 10.4. The number of hydrogen-bond donors (Lipinski definition) is 0. The Morgan fingerprint density at radius 1 is 1.28 bits per heavy atom. The molecular weight excluding hydrogens is 236 g/mol. The highest BCUT2D eigenvalue weighted by Gasteiger charge is 2.14. The predicted octanol–water partition coefficient (Wildman–Crippen LogP) is 3.09. The van der Waals surface area contributed by atoms with Crippen LogP contribution < -0.4 is 0 Å². The molecule has 0 aliphatic carbocycles. The maximum Gasteiger partial charge on any atom is 0.170 e. The Balaban J connectivity index is 2.27. The molecule has 0 aliphatic heterocycles. The third-order valence-electron chi connectivity index (χ3n) is 2.64. The standard InChI is InChI=1S/C14H11F2NO/c1-9-5-11(13(16)7-12(9)15)14(18)6-10-3-2-4-17-8-10/h2-5,7-8H,6H2,1H3.